The van der Waals surface area contributed by atoms with Gasteiger partial charge in [0.2, 0.25) is 0 Å². The highest BCUT2D eigenvalue weighted by atomic mass is 16.2. The van der Waals surface area contributed by atoms with Gasteiger partial charge >= 0.3 is 0 Å². The van der Waals surface area contributed by atoms with Gasteiger partial charge in [0.15, 0.2) is 0 Å². The maximum absolute atomic E-state index is 9.59. The summed E-state index contributed by atoms with van der Waals surface area (Å²) in [6.45, 7) is 3.23. The van der Waals surface area contributed by atoms with Crippen LogP contribution in [0.5, 0.6) is 0 Å². The first-order valence-corrected chi connectivity index (χ1v) is 1.84. The molecule has 6 heavy (non-hydrogen) atoms. The molecule has 0 aliphatic heterocycles. The van der Waals surface area contributed by atoms with Crippen LogP contribution < -0.4 is 0 Å². The Labute approximate surface area is 37.6 Å². The Morgan fingerprint density at radius 1 is 1.83 bits per heavy atom. The van der Waals surface area contributed by atoms with Gasteiger partial charge in [0.25, 0.3) is 0 Å². The summed E-state index contributed by atoms with van der Waals surface area (Å²) in [6.07, 6.45) is 2.19. The SMILES string of the molecule is C=C=CCC[O]. The van der Waals surface area contributed by atoms with E-state index in [1.54, 1.807) is 6.08 Å². The summed E-state index contributed by atoms with van der Waals surface area (Å²) in [5.41, 5.74) is 2.49. The first kappa shape index (κ1) is 5.48. The van der Waals surface area contributed by atoms with Crippen LogP contribution in [0.25, 0.3) is 0 Å². The van der Waals surface area contributed by atoms with E-state index in [0.717, 1.165) is 0 Å². The molecule has 1 radical (unpaired) electrons. The van der Waals surface area contributed by atoms with Crippen molar-refractivity contribution in [2.24, 2.45) is 0 Å². The van der Waals surface area contributed by atoms with Gasteiger partial charge in [0, 0.05) is 0 Å². The topological polar surface area (TPSA) is 19.9 Å². The molecule has 0 aliphatic carbocycles. The molecule has 0 N–H and O–H groups in total. The van der Waals surface area contributed by atoms with E-state index in [9.17, 15) is 5.11 Å². The molecular weight excluding hydrogens is 76.1 g/mol. The third-order valence-electron chi connectivity index (χ3n) is 0.407. The highest BCUT2D eigenvalue weighted by Gasteiger charge is 1.67. The van der Waals surface area contributed by atoms with E-state index >= 15 is 0 Å². The Kier molecular flexibility index (Phi) is 4.09. The summed E-state index contributed by atoms with van der Waals surface area (Å²) < 4.78 is 0. The van der Waals surface area contributed by atoms with Crippen LogP contribution in [0.1, 0.15) is 6.42 Å². The quantitative estimate of drug-likeness (QED) is 0.446. The standard InChI is InChI=1S/C5H7O/c1-2-3-4-5-6/h3H,1,4-5H2. The van der Waals surface area contributed by atoms with E-state index < -0.39 is 0 Å². The zero-order chi connectivity index (χ0) is 4.83. The molecule has 0 amide bonds. The fourth-order valence-electron chi connectivity index (χ4n) is 0.161. The summed E-state index contributed by atoms with van der Waals surface area (Å²) in [6, 6.07) is 0. The number of hydrogen-bond acceptors (Lipinski definition) is 0. The van der Waals surface area contributed by atoms with Crippen molar-refractivity contribution < 1.29 is 5.11 Å². The van der Waals surface area contributed by atoms with Gasteiger partial charge in [-0.2, -0.15) is 0 Å². The molecule has 0 bridgehead atoms. The average Bonchev–Trinajstić information content (AvgIpc) is 1.61. The molecule has 0 aromatic rings. The Hall–Kier alpha value is -0.520. The van der Waals surface area contributed by atoms with Crippen molar-refractivity contribution in [3.05, 3.63) is 18.4 Å². The fourth-order valence-corrected chi connectivity index (χ4v) is 0.161. The third-order valence-corrected chi connectivity index (χ3v) is 0.407. The summed E-state index contributed by atoms with van der Waals surface area (Å²) in [4.78, 5) is 0. The van der Waals surface area contributed by atoms with Crippen LogP contribution >= 0.6 is 0 Å². The molecule has 1 nitrogen and oxygen atoms in total. The highest BCUT2D eigenvalue weighted by Crippen LogP contribution is 1.73. The minimum atomic E-state index is -0.0531. The summed E-state index contributed by atoms with van der Waals surface area (Å²) in [5.74, 6) is 0. The summed E-state index contributed by atoms with van der Waals surface area (Å²) in [7, 11) is 0. The van der Waals surface area contributed by atoms with Crippen molar-refractivity contribution in [1.29, 1.82) is 0 Å². The molecule has 0 atom stereocenters. The molecule has 0 rings (SSSR count). The predicted octanol–water partition coefficient (Wildman–Crippen LogP) is 1.15. The predicted molar refractivity (Wildman–Crippen MR) is 23.9 cm³/mol. The van der Waals surface area contributed by atoms with Crippen molar-refractivity contribution in [2.75, 3.05) is 6.61 Å². The second-order valence-corrected chi connectivity index (χ2v) is 0.901. The molecule has 0 saturated carbocycles. The van der Waals surface area contributed by atoms with Crippen molar-refractivity contribution >= 4 is 0 Å². The van der Waals surface area contributed by atoms with Gasteiger partial charge in [-0.1, -0.05) is 6.58 Å². The van der Waals surface area contributed by atoms with E-state index in [1.165, 1.54) is 0 Å². The Balaban J connectivity index is 2.86. The zero-order valence-corrected chi connectivity index (χ0v) is 3.61. The van der Waals surface area contributed by atoms with Crippen molar-refractivity contribution in [3.8, 4) is 0 Å². The van der Waals surface area contributed by atoms with Gasteiger partial charge in [0.1, 0.15) is 0 Å². The van der Waals surface area contributed by atoms with Gasteiger partial charge in [-0.3, -0.25) is 0 Å². The van der Waals surface area contributed by atoms with Crippen LogP contribution in [-0.2, 0) is 5.11 Å². The Morgan fingerprint density at radius 2 is 2.50 bits per heavy atom. The molecular formula is C5H7O. The first-order valence-electron chi connectivity index (χ1n) is 1.84. The van der Waals surface area contributed by atoms with Gasteiger partial charge in [-0.05, 0) is 12.5 Å². The third kappa shape index (κ3) is 3.48. The summed E-state index contributed by atoms with van der Waals surface area (Å²) in [5, 5.41) is 9.59. The smallest absolute Gasteiger partial charge is 0.0862 e. The highest BCUT2D eigenvalue weighted by molar-refractivity contribution is 4.74. The van der Waals surface area contributed by atoms with E-state index in [2.05, 4.69) is 12.3 Å². The molecule has 0 fully saturated rings. The molecule has 0 aromatic heterocycles. The van der Waals surface area contributed by atoms with E-state index in [4.69, 9.17) is 0 Å². The maximum atomic E-state index is 9.59. The molecule has 1 heteroatoms. The molecule has 0 saturated heterocycles. The number of rotatable bonds is 2. The lowest BCUT2D eigenvalue weighted by Crippen LogP contribution is -1.69. The Morgan fingerprint density at radius 3 is 2.67 bits per heavy atom. The average molecular weight is 83.1 g/mol. The second-order valence-electron chi connectivity index (χ2n) is 0.901. The zero-order valence-electron chi connectivity index (χ0n) is 3.61. The summed E-state index contributed by atoms with van der Waals surface area (Å²) >= 11 is 0. The normalized spacial score (nSPS) is 6.83. The number of hydrogen-bond donors (Lipinski definition) is 0. The molecule has 0 aliphatic rings. The van der Waals surface area contributed by atoms with E-state index in [1.807, 2.05) is 0 Å². The lowest BCUT2D eigenvalue weighted by molar-refractivity contribution is 0.199. The van der Waals surface area contributed by atoms with Gasteiger partial charge in [-0.25, -0.2) is 5.11 Å². The second kappa shape index (κ2) is 4.48. The van der Waals surface area contributed by atoms with Gasteiger partial charge in [0.05, 0.1) is 6.61 Å². The molecule has 0 unspecified atom stereocenters. The van der Waals surface area contributed by atoms with Crippen molar-refractivity contribution in [1.82, 2.24) is 0 Å². The van der Waals surface area contributed by atoms with Crippen LogP contribution in [0, 0.1) is 0 Å². The van der Waals surface area contributed by atoms with Crippen LogP contribution in [0.15, 0.2) is 18.4 Å². The maximum Gasteiger partial charge on any atom is 0.0862 e. The molecule has 0 heterocycles. The monoisotopic (exact) mass is 83.0 g/mol. The largest absolute Gasteiger partial charge is 0.236 e. The van der Waals surface area contributed by atoms with Crippen LogP contribution in [-0.4, -0.2) is 6.61 Å². The minimum absolute atomic E-state index is 0.0531. The van der Waals surface area contributed by atoms with E-state index in [-0.39, 0.29) is 6.61 Å². The molecule has 0 aromatic carbocycles. The lowest BCUT2D eigenvalue weighted by Gasteiger charge is -1.70. The van der Waals surface area contributed by atoms with Crippen LogP contribution in [0.4, 0.5) is 0 Å². The van der Waals surface area contributed by atoms with E-state index in [0.29, 0.717) is 6.42 Å². The molecule has 0 spiro atoms. The Bertz CT molecular complexity index is 60.3. The van der Waals surface area contributed by atoms with Crippen LogP contribution in [0.3, 0.4) is 0 Å². The first-order chi connectivity index (χ1) is 2.91. The molecule has 33 valence electrons. The minimum Gasteiger partial charge on any atom is -0.236 e. The lowest BCUT2D eigenvalue weighted by atomic mass is 10.4. The van der Waals surface area contributed by atoms with Crippen molar-refractivity contribution in [3.63, 3.8) is 0 Å². The fraction of sp³-hybridized carbons (Fsp3) is 0.400. The van der Waals surface area contributed by atoms with Crippen LogP contribution in [0.2, 0.25) is 0 Å². The van der Waals surface area contributed by atoms with Crippen molar-refractivity contribution in [2.45, 2.75) is 6.42 Å². The van der Waals surface area contributed by atoms with Gasteiger partial charge in [-0.15, -0.1) is 5.73 Å². The van der Waals surface area contributed by atoms with Gasteiger partial charge < -0.3 is 0 Å².